The molecule has 2 amide bonds. The minimum atomic E-state index is -0.0759. The van der Waals surface area contributed by atoms with Crippen LogP contribution >= 0.6 is 23.6 Å². The first kappa shape index (κ1) is 32.8. The maximum absolute atomic E-state index is 13.6. The van der Waals surface area contributed by atoms with Crippen LogP contribution in [0.4, 0.5) is 5.00 Å². The maximum Gasteiger partial charge on any atom is 0.254 e. The molecule has 0 spiro atoms. The molecule has 0 bridgehead atoms. The van der Waals surface area contributed by atoms with E-state index in [4.69, 9.17) is 21.7 Å². The molecule has 0 radical (unpaired) electrons. The van der Waals surface area contributed by atoms with Crippen molar-refractivity contribution in [1.29, 1.82) is 0 Å². The number of rotatable bonds is 12. The molecule has 7 rings (SSSR count). The molecule has 2 heterocycles. The first-order valence-corrected chi connectivity index (χ1v) is 18.5. The summed E-state index contributed by atoms with van der Waals surface area (Å²) >= 11 is 7.77. The van der Waals surface area contributed by atoms with Crippen LogP contribution in [0.2, 0.25) is 0 Å². The summed E-state index contributed by atoms with van der Waals surface area (Å²) in [5.74, 6) is 2.56. The fourth-order valence-corrected chi connectivity index (χ4v) is 8.49. The smallest absolute Gasteiger partial charge is 0.254 e. The van der Waals surface area contributed by atoms with Crippen LogP contribution in [0.5, 0.6) is 11.5 Å². The van der Waals surface area contributed by atoms with Gasteiger partial charge in [-0.3, -0.25) is 14.6 Å². The highest BCUT2D eigenvalue weighted by Gasteiger charge is 2.38. The fraction of sp³-hybridized carbons (Fsp3) is 0.514. The number of benzene rings is 1. The quantitative estimate of drug-likeness (QED) is 0.188. The van der Waals surface area contributed by atoms with Crippen LogP contribution in [0.15, 0.2) is 36.5 Å². The van der Waals surface area contributed by atoms with E-state index in [-0.39, 0.29) is 31.2 Å². The van der Waals surface area contributed by atoms with Crippen LogP contribution in [0, 0.1) is 18.8 Å². The Kier molecular flexibility index (Phi) is 9.60. The Morgan fingerprint density at radius 2 is 1.90 bits per heavy atom. The third-order valence-electron chi connectivity index (χ3n) is 10.3. The number of aryl methyl sites for hydroxylation is 2. The third kappa shape index (κ3) is 7.32. The van der Waals surface area contributed by atoms with E-state index in [9.17, 15) is 9.59 Å². The van der Waals surface area contributed by atoms with Gasteiger partial charge in [-0.05, 0) is 118 Å². The molecule has 9 nitrogen and oxygen atoms in total. The van der Waals surface area contributed by atoms with Crippen molar-refractivity contribution in [2.75, 3.05) is 26.1 Å². The molecule has 11 heteroatoms. The summed E-state index contributed by atoms with van der Waals surface area (Å²) < 4.78 is 11.2. The molecule has 256 valence electrons. The van der Waals surface area contributed by atoms with Crippen LogP contribution in [-0.4, -0.2) is 59.7 Å². The molecule has 4 aliphatic rings. The highest BCUT2D eigenvalue weighted by Crippen LogP contribution is 2.42. The van der Waals surface area contributed by atoms with E-state index < -0.39 is 0 Å². The molecule has 0 saturated heterocycles. The lowest BCUT2D eigenvalue weighted by Gasteiger charge is -2.45. The first-order chi connectivity index (χ1) is 23.3. The summed E-state index contributed by atoms with van der Waals surface area (Å²) in [6.07, 6.45) is 10.6. The zero-order valence-electron chi connectivity index (χ0n) is 28.0. The Bertz CT molecular complexity index is 1680. The van der Waals surface area contributed by atoms with Crippen LogP contribution in [-0.2, 0) is 24.2 Å². The van der Waals surface area contributed by atoms with Crippen LogP contribution < -0.4 is 25.4 Å². The van der Waals surface area contributed by atoms with E-state index in [0.717, 1.165) is 66.8 Å². The number of aromatic nitrogens is 1. The van der Waals surface area contributed by atoms with Crippen LogP contribution in [0.3, 0.4) is 0 Å². The summed E-state index contributed by atoms with van der Waals surface area (Å²) in [5.41, 5.74) is 5.03. The van der Waals surface area contributed by atoms with E-state index in [0.29, 0.717) is 47.0 Å². The Labute approximate surface area is 293 Å². The number of nitrogens with zero attached hydrogens (tertiary/aromatic N) is 2. The number of fused-ring (bicyclic) bond motifs is 1. The average Bonchev–Trinajstić information content (AvgIpc) is 4.00. The second-order valence-corrected chi connectivity index (χ2v) is 15.4. The Hall–Kier alpha value is -3.70. The highest BCUT2D eigenvalue weighted by atomic mass is 32.1. The number of ether oxygens (including phenoxy) is 2. The van der Waals surface area contributed by atoms with Gasteiger partial charge in [-0.1, -0.05) is 6.07 Å². The second kappa shape index (κ2) is 14.0. The Morgan fingerprint density at radius 1 is 1.08 bits per heavy atom. The summed E-state index contributed by atoms with van der Waals surface area (Å²) in [6.45, 7) is 3.31. The summed E-state index contributed by atoms with van der Waals surface area (Å²) in [4.78, 5) is 34.4. The summed E-state index contributed by atoms with van der Waals surface area (Å²) in [6, 6.07) is 10.5. The van der Waals surface area contributed by atoms with E-state index in [1.54, 1.807) is 25.6 Å². The van der Waals surface area contributed by atoms with Crippen LogP contribution in [0.1, 0.15) is 89.9 Å². The summed E-state index contributed by atoms with van der Waals surface area (Å²) in [7, 11) is 3.34. The van der Waals surface area contributed by atoms with Crippen molar-refractivity contribution < 1.29 is 20.5 Å². The molecule has 3 N–H and O–H groups in total. The number of pyridine rings is 1. The SMILES string of the molecule is COc1ccc(CN(C(=S)N[C@H]2CCc3sc(NC(=O)C4CC4)c(C(=O)NCC4CC4)c3C2)C2CC(c3ccc(C)nc3)C2)c(OC)c1.[HH]. The predicted molar refractivity (Wildman–Crippen MR) is 194 cm³/mol. The second-order valence-electron chi connectivity index (χ2n) is 13.9. The van der Waals surface area contributed by atoms with Gasteiger partial charge in [-0.15, -0.1) is 11.3 Å². The van der Waals surface area contributed by atoms with Gasteiger partial charge in [0, 0.05) is 60.9 Å². The number of carbonyl (C=O) groups is 2. The highest BCUT2D eigenvalue weighted by molar-refractivity contribution is 7.80. The largest absolute Gasteiger partial charge is 0.497 e. The number of hydrogen-bond donors (Lipinski definition) is 3. The number of anilines is 1. The van der Waals surface area contributed by atoms with Gasteiger partial charge in [-0.2, -0.15) is 0 Å². The fourth-order valence-electron chi connectivity index (χ4n) is 6.87. The van der Waals surface area contributed by atoms with Crippen molar-refractivity contribution in [2.45, 2.75) is 89.3 Å². The van der Waals surface area contributed by atoms with Crippen molar-refractivity contribution >= 4 is 45.5 Å². The molecule has 1 atom stereocenters. The predicted octanol–water partition coefficient (Wildman–Crippen LogP) is 6.38. The van der Waals surface area contributed by atoms with Gasteiger partial charge in [-0.25, -0.2) is 0 Å². The van der Waals surface area contributed by atoms with Gasteiger partial charge in [0.05, 0.1) is 19.8 Å². The molecular formula is C37H47N5O4S2. The van der Waals surface area contributed by atoms with Gasteiger partial charge in [0.1, 0.15) is 16.5 Å². The number of thiophene rings is 1. The molecule has 0 aliphatic heterocycles. The molecule has 4 aliphatic carbocycles. The van der Waals surface area contributed by atoms with E-state index in [2.05, 4.69) is 44.0 Å². The van der Waals surface area contributed by atoms with Crippen LogP contribution in [0.25, 0.3) is 0 Å². The average molecular weight is 690 g/mol. The third-order valence-corrected chi connectivity index (χ3v) is 11.9. The monoisotopic (exact) mass is 689 g/mol. The van der Waals surface area contributed by atoms with Crippen molar-refractivity contribution in [2.24, 2.45) is 11.8 Å². The number of methoxy groups -OCH3 is 2. The molecular weight excluding hydrogens is 643 g/mol. The molecule has 2 aromatic heterocycles. The number of carbonyl (C=O) groups excluding carboxylic acids is 2. The molecule has 3 aromatic rings. The minimum Gasteiger partial charge on any atom is -0.497 e. The molecule has 3 fully saturated rings. The zero-order chi connectivity index (χ0) is 33.4. The maximum atomic E-state index is 13.6. The topological polar surface area (TPSA) is 105 Å². The van der Waals surface area contributed by atoms with Crippen molar-refractivity contribution in [3.05, 3.63) is 69.4 Å². The van der Waals surface area contributed by atoms with Gasteiger partial charge >= 0.3 is 0 Å². The van der Waals surface area contributed by atoms with E-state index >= 15 is 0 Å². The number of thiocarbonyl (C=S) groups is 1. The first-order valence-electron chi connectivity index (χ1n) is 17.2. The standard InChI is InChI=1S/C37H45N5O4S2.H2/c1-21-4-7-24(19-38-21)26-14-28(15-26)42(20-25-10-12-29(45-2)17-31(25)46-3)37(47)40-27-11-13-32-30(16-27)33(35(44)39-18-22-5-6-22)36(48-32)41-34(43)23-8-9-23;/h4,7,10,12,17,19,22-23,26-28H,5-6,8-9,11,13-16,18,20H2,1-3H3,(H,39,44)(H,40,47)(H,41,43);1H/t26?,27-,28?;/m0./s1. The Morgan fingerprint density at radius 3 is 2.58 bits per heavy atom. The number of nitrogens with one attached hydrogen (secondary N) is 3. The lowest BCUT2D eigenvalue weighted by molar-refractivity contribution is -0.117. The Balaban J connectivity index is 0.00000417. The number of hydrogen-bond acceptors (Lipinski definition) is 7. The van der Waals surface area contributed by atoms with Gasteiger partial charge in [0.2, 0.25) is 5.91 Å². The van der Waals surface area contributed by atoms with Crippen molar-refractivity contribution in [1.82, 2.24) is 20.5 Å². The number of amides is 2. The van der Waals surface area contributed by atoms with Gasteiger partial charge < -0.3 is 30.3 Å². The van der Waals surface area contributed by atoms with E-state index in [1.165, 1.54) is 23.3 Å². The van der Waals surface area contributed by atoms with E-state index in [1.807, 2.05) is 25.3 Å². The van der Waals surface area contributed by atoms with Gasteiger partial charge in [0.25, 0.3) is 5.91 Å². The lowest BCUT2D eigenvalue weighted by atomic mass is 9.75. The van der Waals surface area contributed by atoms with Crippen molar-refractivity contribution in [3.63, 3.8) is 0 Å². The molecule has 0 unspecified atom stereocenters. The minimum absolute atomic E-state index is 0. The van der Waals surface area contributed by atoms with Gasteiger partial charge in [0.15, 0.2) is 5.11 Å². The summed E-state index contributed by atoms with van der Waals surface area (Å²) in [5, 5.41) is 11.4. The molecule has 1 aromatic carbocycles. The molecule has 3 saturated carbocycles. The molecule has 48 heavy (non-hydrogen) atoms. The lowest BCUT2D eigenvalue weighted by Crippen LogP contribution is -2.53. The van der Waals surface area contributed by atoms with Crippen molar-refractivity contribution in [3.8, 4) is 11.5 Å². The zero-order valence-corrected chi connectivity index (χ0v) is 29.6. The normalized spacial score (nSPS) is 21.4.